The van der Waals surface area contributed by atoms with E-state index in [1.54, 1.807) is 0 Å². The van der Waals surface area contributed by atoms with Gasteiger partial charge < -0.3 is 9.64 Å². The van der Waals surface area contributed by atoms with Gasteiger partial charge in [0.25, 0.3) is 0 Å². The second-order valence-corrected chi connectivity index (χ2v) is 7.19. The summed E-state index contributed by atoms with van der Waals surface area (Å²) < 4.78 is 29.7. The van der Waals surface area contributed by atoms with E-state index in [1.807, 2.05) is 20.8 Å². The Hall–Kier alpha value is -1.15. The van der Waals surface area contributed by atoms with Crippen molar-refractivity contribution in [3.8, 4) is 0 Å². The summed E-state index contributed by atoms with van der Waals surface area (Å²) in [6.07, 6.45) is 2.04. The first kappa shape index (κ1) is 19.9. The van der Waals surface area contributed by atoms with E-state index in [1.165, 1.54) is 12.0 Å². The second kappa shape index (κ2) is 8.99. The monoisotopic (exact) mass is 322 g/mol. The van der Waals surface area contributed by atoms with Crippen LogP contribution in [0, 0.1) is 5.92 Å². The molecule has 0 saturated carbocycles. The fraction of sp³-hybridized carbons (Fsp3) is 0.846. The van der Waals surface area contributed by atoms with Crippen molar-refractivity contribution in [1.29, 1.82) is 0 Å². The molecule has 0 radical (unpaired) electrons. The van der Waals surface area contributed by atoms with Gasteiger partial charge in [-0.1, -0.05) is 20.8 Å². The summed E-state index contributed by atoms with van der Waals surface area (Å²) >= 11 is 0. The van der Waals surface area contributed by atoms with E-state index >= 15 is 0 Å². The Balaban J connectivity index is 5.12. The van der Waals surface area contributed by atoms with Crippen molar-refractivity contribution in [1.82, 2.24) is 9.62 Å². The molecule has 21 heavy (non-hydrogen) atoms. The number of hydrogen-bond acceptors (Lipinski definition) is 5. The number of carbonyl (C=O) groups excluding carboxylic acids is 2. The molecule has 124 valence electrons. The van der Waals surface area contributed by atoms with Crippen LogP contribution in [0.5, 0.6) is 0 Å². The van der Waals surface area contributed by atoms with Gasteiger partial charge in [0.1, 0.15) is 12.6 Å². The molecule has 1 N–H and O–H groups in total. The van der Waals surface area contributed by atoms with Crippen molar-refractivity contribution in [2.24, 2.45) is 5.92 Å². The third-order valence-electron chi connectivity index (χ3n) is 2.71. The maximum atomic E-state index is 12.5. The molecule has 0 bridgehead atoms. The Kier molecular flexibility index (Phi) is 8.50. The zero-order valence-corrected chi connectivity index (χ0v) is 14.2. The van der Waals surface area contributed by atoms with Crippen LogP contribution in [0.4, 0.5) is 0 Å². The molecule has 0 heterocycles. The number of carbonyl (C=O) groups is 2. The van der Waals surface area contributed by atoms with Gasteiger partial charge >= 0.3 is 5.97 Å². The molecule has 0 aliphatic rings. The summed E-state index contributed by atoms with van der Waals surface area (Å²) in [7, 11) is -2.26. The first-order chi connectivity index (χ1) is 9.60. The molecule has 1 unspecified atom stereocenters. The Labute approximate surface area is 127 Å². The summed E-state index contributed by atoms with van der Waals surface area (Å²) in [5.74, 6) is -0.796. The quantitative estimate of drug-likeness (QED) is 0.619. The Morgan fingerprint density at radius 2 is 1.86 bits per heavy atom. The number of ether oxygens (including phenoxy) is 1. The van der Waals surface area contributed by atoms with Gasteiger partial charge in [-0.3, -0.25) is 9.59 Å². The number of sulfonamides is 1. The molecule has 0 saturated heterocycles. The smallest absolute Gasteiger partial charge is 0.325 e. The summed E-state index contributed by atoms with van der Waals surface area (Å²) in [6.45, 7) is 5.86. The molecule has 0 aromatic heterocycles. The Bertz CT molecular complexity index is 447. The minimum Gasteiger partial charge on any atom is -0.468 e. The molecule has 0 aromatic rings. The molecular formula is C13H26N2O5S. The molecule has 1 amide bonds. The van der Waals surface area contributed by atoms with Crippen molar-refractivity contribution in [2.45, 2.75) is 39.7 Å². The van der Waals surface area contributed by atoms with Gasteiger partial charge in [-0.15, -0.1) is 0 Å². The van der Waals surface area contributed by atoms with E-state index in [9.17, 15) is 18.0 Å². The first-order valence-corrected chi connectivity index (χ1v) is 8.82. The van der Waals surface area contributed by atoms with Gasteiger partial charge in [0.05, 0.1) is 13.4 Å². The number of esters is 1. The largest absolute Gasteiger partial charge is 0.468 e. The molecule has 0 aliphatic heterocycles. The lowest BCUT2D eigenvalue weighted by molar-refractivity contribution is -0.147. The minimum atomic E-state index is -3.51. The number of hydrogen-bond donors (Lipinski definition) is 1. The minimum absolute atomic E-state index is 0.134. The zero-order chi connectivity index (χ0) is 16.6. The highest BCUT2D eigenvalue weighted by Gasteiger charge is 2.28. The number of amides is 1. The number of nitrogens with zero attached hydrogens (tertiary/aromatic N) is 1. The van der Waals surface area contributed by atoms with Crippen molar-refractivity contribution >= 4 is 21.9 Å². The third-order valence-corrected chi connectivity index (χ3v) is 3.43. The topological polar surface area (TPSA) is 92.8 Å². The van der Waals surface area contributed by atoms with E-state index < -0.39 is 27.9 Å². The second-order valence-electron chi connectivity index (χ2n) is 5.41. The predicted octanol–water partition coefficient (Wildman–Crippen LogP) is 0.362. The highest BCUT2D eigenvalue weighted by molar-refractivity contribution is 7.88. The predicted molar refractivity (Wildman–Crippen MR) is 80.1 cm³/mol. The number of methoxy groups -OCH3 is 1. The van der Waals surface area contributed by atoms with Crippen LogP contribution in [0.1, 0.15) is 33.6 Å². The van der Waals surface area contributed by atoms with Gasteiger partial charge in [0, 0.05) is 6.54 Å². The Morgan fingerprint density at radius 1 is 1.29 bits per heavy atom. The molecule has 0 rings (SSSR count). The molecule has 1 atom stereocenters. The summed E-state index contributed by atoms with van der Waals surface area (Å²) in [4.78, 5) is 25.2. The van der Waals surface area contributed by atoms with Crippen LogP contribution in [0.15, 0.2) is 0 Å². The maximum Gasteiger partial charge on any atom is 0.325 e. The average molecular weight is 322 g/mol. The summed E-state index contributed by atoms with van der Waals surface area (Å²) in [5.41, 5.74) is 0. The van der Waals surface area contributed by atoms with E-state index in [-0.39, 0.29) is 12.5 Å². The van der Waals surface area contributed by atoms with Gasteiger partial charge in [-0.2, -0.15) is 0 Å². The van der Waals surface area contributed by atoms with Crippen LogP contribution >= 0.6 is 0 Å². The fourth-order valence-electron chi connectivity index (χ4n) is 1.91. The Morgan fingerprint density at radius 3 is 2.24 bits per heavy atom. The lowest BCUT2D eigenvalue weighted by Gasteiger charge is -2.27. The summed E-state index contributed by atoms with van der Waals surface area (Å²) in [6, 6.07) is -0.865. The van der Waals surface area contributed by atoms with E-state index in [4.69, 9.17) is 0 Å². The van der Waals surface area contributed by atoms with Crippen molar-refractivity contribution in [3.63, 3.8) is 0 Å². The van der Waals surface area contributed by atoms with Crippen LogP contribution in [-0.4, -0.2) is 57.7 Å². The molecule has 7 nitrogen and oxygen atoms in total. The lowest BCUT2D eigenvalue weighted by atomic mass is 10.0. The summed E-state index contributed by atoms with van der Waals surface area (Å²) in [5, 5.41) is 0. The van der Waals surface area contributed by atoms with E-state index in [0.717, 1.165) is 6.26 Å². The van der Waals surface area contributed by atoms with Crippen LogP contribution < -0.4 is 4.72 Å². The SMILES string of the molecule is CCCN(CC(=O)OC)C(=O)C(CC(C)C)NS(C)(=O)=O. The van der Waals surface area contributed by atoms with Crippen LogP contribution in [0.25, 0.3) is 0 Å². The van der Waals surface area contributed by atoms with Crippen molar-refractivity contribution in [2.75, 3.05) is 26.5 Å². The zero-order valence-electron chi connectivity index (χ0n) is 13.4. The van der Waals surface area contributed by atoms with Gasteiger partial charge in [0.15, 0.2) is 0 Å². The molecule has 0 aliphatic carbocycles. The first-order valence-electron chi connectivity index (χ1n) is 6.93. The standard InChI is InChI=1S/C13H26N2O5S/c1-6-7-15(9-12(16)20-4)13(17)11(8-10(2)3)14-21(5,18)19/h10-11,14H,6-9H2,1-5H3. The van der Waals surface area contributed by atoms with Crippen LogP contribution in [0.3, 0.4) is 0 Å². The van der Waals surface area contributed by atoms with Gasteiger partial charge in [-0.05, 0) is 18.8 Å². The molecule has 0 aromatic carbocycles. The highest BCUT2D eigenvalue weighted by Crippen LogP contribution is 2.10. The third kappa shape index (κ3) is 8.67. The van der Waals surface area contributed by atoms with Crippen LogP contribution in [0.2, 0.25) is 0 Å². The lowest BCUT2D eigenvalue weighted by Crippen LogP contribution is -2.50. The number of rotatable bonds is 9. The highest BCUT2D eigenvalue weighted by atomic mass is 32.2. The van der Waals surface area contributed by atoms with E-state index in [2.05, 4.69) is 9.46 Å². The van der Waals surface area contributed by atoms with E-state index in [0.29, 0.717) is 19.4 Å². The fourth-order valence-corrected chi connectivity index (χ4v) is 2.62. The maximum absolute atomic E-state index is 12.5. The van der Waals surface area contributed by atoms with Gasteiger partial charge in [-0.25, -0.2) is 13.1 Å². The van der Waals surface area contributed by atoms with Crippen molar-refractivity contribution in [3.05, 3.63) is 0 Å². The normalized spacial score (nSPS) is 13.0. The molecule has 0 fully saturated rings. The van der Waals surface area contributed by atoms with Gasteiger partial charge in [0.2, 0.25) is 15.9 Å². The number of nitrogens with one attached hydrogen (secondary N) is 1. The molecular weight excluding hydrogens is 296 g/mol. The van der Waals surface area contributed by atoms with Crippen LogP contribution in [-0.2, 0) is 24.3 Å². The van der Waals surface area contributed by atoms with Crippen molar-refractivity contribution < 1.29 is 22.7 Å². The molecule has 8 heteroatoms. The average Bonchev–Trinajstić information content (AvgIpc) is 2.34. The molecule has 0 spiro atoms.